The van der Waals surface area contributed by atoms with Gasteiger partial charge >= 0.3 is 5.69 Å². The number of halogens is 1. The van der Waals surface area contributed by atoms with Crippen molar-refractivity contribution in [3.63, 3.8) is 0 Å². The van der Waals surface area contributed by atoms with Gasteiger partial charge in [0.25, 0.3) is 0 Å². The maximum atomic E-state index is 13.6. The SMILES string of the molecule is O=[N+]([O-])c1c(F)cccc1N1CCC(OCCO)CC1. The zero-order valence-corrected chi connectivity index (χ0v) is 11.0. The molecule has 1 heterocycles. The molecule has 1 aliphatic rings. The van der Waals surface area contributed by atoms with Gasteiger partial charge in [0, 0.05) is 13.1 Å². The molecule has 6 nitrogen and oxygen atoms in total. The summed E-state index contributed by atoms with van der Waals surface area (Å²) in [6, 6.07) is 4.14. The first-order valence-electron chi connectivity index (χ1n) is 6.53. The Labute approximate surface area is 115 Å². The summed E-state index contributed by atoms with van der Waals surface area (Å²) in [4.78, 5) is 12.1. The third kappa shape index (κ3) is 3.23. The Balaban J connectivity index is 2.07. The van der Waals surface area contributed by atoms with Crippen molar-refractivity contribution in [2.45, 2.75) is 18.9 Å². The molecule has 0 radical (unpaired) electrons. The van der Waals surface area contributed by atoms with Gasteiger partial charge < -0.3 is 14.7 Å². The average Bonchev–Trinajstić information content (AvgIpc) is 2.45. The second kappa shape index (κ2) is 6.62. The van der Waals surface area contributed by atoms with E-state index >= 15 is 0 Å². The van der Waals surface area contributed by atoms with Crippen LogP contribution in [0.4, 0.5) is 15.8 Å². The van der Waals surface area contributed by atoms with E-state index in [1.165, 1.54) is 6.07 Å². The van der Waals surface area contributed by atoms with Gasteiger partial charge in [-0.25, -0.2) is 0 Å². The molecule has 20 heavy (non-hydrogen) atoms. The molecule has 1 aliphatic heterocycles. The lowest BCUT2D eigenvalue weighted by atomic mass is 10.1. The van der Waals surface area contributed by atoms with E-state index in [0.29, 0.717) is 38.2 Å². The van der Waals surface area contributed by atoms with E-state index in [9.17, 15) is 14.5 Å². The number of anilines is 1. The van der Waals surface area contributed by atoms with Crippen molar-refractivity contribution in [2.75, 3.05) is 31.2 Å². The Morgan fingerprint density at radius 1 is 1.45 bits per heavy atom. The van der Waals surface area contributed by atoms with Gasteiger partial charge in [0.2, 0.25) is 5.82 Å². The summed E-state index contributed by atoms with van der Waals surface area (Å²) in [5, 5.41) is 19.7. The number of ether oxygens (including phenoxy) is 1. The van der Waals surface area contributed by atoms with Crippen LogP contribution in [0.1, 0.15) is 12.8 Å². The number of nitro benzene ring substituents is 1. The van der Waals surface area contributed by atoms with Gasteiger partial charge in [-0.2, -0.15) is 4.39 Å². The minimum absolute atomic E-state index is 0.0183. The minimum atomic E-state index is -0.814. The van der Waals surface area contributed by atoms with Crippen LogP contribution in [0.15, 0.2) is 18.2 Å². The Bertz CT molecular complexity index is 475. The number of hydrogen-bond acceptors (Lipinski definition) is 5. The Morgan fingerprint density at radius 3 is 2.75 bits per heavy atom. The average molecular weight is 284 g/mol. The van der Waals surface area contributed by atoms with E-state index in [1.54, 1.807) is 11.0 Å². The molecule has 0 saturated carbocycles. The molecule has 0 bridgehead atoms. The summed E-state index contributed by atoms with van der Waals surface area (Å²) >= 11 is 0. The van der Waals surface area contributed by atoms with Gasteiger partial charge in [-0.1, -0.05) is 6.07 Å². The summed E-state index contributed by atoms with van der Waals surface area (Å²) < 4.78 is 19.0. The summed E-state index contributed by atoms with van der Waals surface area (Å²) in [5.41, 5.74) is -0.155. The Hall–Kier alpha value is -1.73. The molecule has 0 aliphatic carbocycles. The standard InChI is InChI=1S/C13H17FN2O4/c14-11-2-1-3-12(13(11)16(18)19)15-6-4-10(5-7-15)20-9-8-17/h1-3,10,17H,4-9H2. The van der Waals surface area contributed by atoms with Crippen LogP contribution in [0.5, 0.6) is 0 Å². The number of piperidine rings is 1. The van der Waals surface area contributed by atoms with Crippen LogP contribution in [0.25, 0.3) is 0 Å². The first-order chi connectivity index (χ1) is 9.63. The molecule has 7 heteroatoms. The second-order valence-corrected chi connectivity index (χ2v) is 4.65. The Kier molecular flexibility index (Phi) is 4.86. The lowest BCUT2D eigenvalue weighted by Gasteiger charge is -2.33. The fourth-order valence-electron chi connectivity index (χ4n) is 2.42. The van der Waals surface area contributed by atoms with Crippen molar-refractivity contribution in [3.05, 3.63) is 34.1 Å². The summed E-state index contributed by atoms with van der Waals surface area (Å²) in [7, 11) is 0. The van der Waals surface area contributed by atoms with Gasteiger partial charge in [-0.15, -0.1) is 0 Å². The number of rotatable bonds is 5. The first-order valence-corrected chi connectivity index (χ1v) is 6.53. The molecule has 0 unspecified atom stereocenters. The highest BCUT2D eigenvalue weighted by molar-refractivity contribution is 5.64. The number of aliphatic hydroxyl groups excluding tert-OH is 1. The summed E-state index contributed by atoms with van der Waals surface area (Å²) in [6.07, 6.45) is 1.45. The minimum Gasteiger partial charge on any atom is -0.394 e. The molecule has 1 aromatic carbocycles. The van der Waals surface area contributed by atoms with Gasteiger partial charge in [0.15, 0.2) is 0 Å². The molecule has 1 N–H and O–H groups in total. The van der Waals surface area contributed by atoms with Crippen LogP contribution in [-0.2, 0) is 4.74 Å². The molecule has 1 fully saturated rings. The molecule has 0 aromatic heterocycles. The van der Waals surface area contributed by atoms with E-state index in [0.717, 1.165) is 6.07 Å². The molecular weight excluding hydrogens is 267 g/mol. The number of nitrogens with zero attached hydrogens (tertiary/aromatic N) is 2. The third-order valence-electron chi connectivity index (χ3n) is 3.38. The van der Waals surface area contributed by atoms with Crippen LogP contribution in [0, 0.1) is 15.9 Å². The van der Waals surface area contributed by atoms with Gasteiger partial charge in [0.1, 0.15) is 5.69 Å². The number of benzene rings is 1. The van der Waals surface area contributed by atoms with Crippen LogP contribution in [0.3, 0.4) is 0 Å². The normalized spacial score (nSPS) is 16.4. The fraction of sp³-hybridized carbons (Fsp3) is 0.538. The fourth-order valence-corrected chi connectivity index (χ4v) is 2.42. The quantitative estimate of drug-likeness (QED) is 0.658. The van der Waals surface area contributed by atoms with Crippen LogP contribution in [-0.4, -0.2) is 42.4 Å². The van der Waals surface area contributed by atoms with Crippen LogP contribution < -0.4 is 4.90 Å². The van der Waals surface area contributed by atoms with Gasteiger partial charge in [-0.05, 0) is 25.0 Å². The largest absolute Gasteiger partial charge is 0.394 e. The topological polar surface area (TPSA) is 75.8 Å². The lowest BCUT2D eigenvalue weighted by Crippen LogP contribution is -2.37. The van der Waals surface area contributed by atoms with Crippen molar-refractivity contribution in [1.82, 2.24) is 0 Å². The van der Waals surface area contributed by atoms with Crippen molar-refractivity contribution in [2.24, 2.45) is 0 Å². The van der Waals surface area contributed by atoms with E-state index in [4.69, 9.17) is 9.84 Å². The predicted octanol–water partition coefficient (Wildman–Crippen LogP) is 1.71. The predicted molar refractivity (Wildman–Crippen MR) is 71.3 cm³/mol. The zero-order valence-electron chi connectivity index (χ0n) is 11.0. The highest BCUT2D eigenvalue weighted by atomic mass is 19.1. The van der Waals surface area contributed by atoms with E-state index in [1.807, 2.05) is 0 Å². The van der Waals surface area contributed by atoms with Crippen LogP contribution in [0.2, 0.25) is 0 Å². The maximum Gasteiger partial charge on any atom is 0.327 e. The van der Waals surface area contributed by atoms with Crippen molar-refractivity contribution in [3.8, 4) is 0 Å². The van der Waals surface area contributed by atoms with Crippen LogP contribution >= 0.6 is 0 Å². The number of nitro groups is 1. The number of aliphatic hydroxyl groups is 1. The van der Waals surface area contributed by atoms with E-state index in [-0.39, 0.29) is 12.7 Å². The molecule has 2 rings (SSSR count). The highest BCUT2D eigenvalue weighted by Gasteiger charge is 2.27. The second-order valence-electron chi connectivity index (χ2n) is 4.65. The van der Waals surface area contributed by atoms with E-state index < -0.39 is 16.4 Å². The Morgan fingerprint density at radius 2 is 2.15 bits per heavy atom. The highest BCUT2D eigenvalue weighted by Crippen LogP contribution is 2.32. The number of hydrogen-bond donors (Lipinski definition) is 1. The molecule has 1 aromatic rings. The molecular formula is C13H17FN2O4. The van der Waals surface area contributed by atoms with Crippen molar-refractivity contribution >= 4 is 11.4 Å². The molecule has 1 saturated heterocycles. The molecule has 0 spiro atoms. The first kappa shape index (κ1) is 14.7. The molecule has 110 valence electrons. The molecule has 0 atom stereocenters. The molecule has 0 amide bonds. The summed E-state index contributed by atoms with van der Waals surface area (Å²) in [5.74, 6) is -0.814. The monoisotopic (exact) mass is 284 g/mol. The lowest BCUT2D eigenvalue weighted by molar-refractivity contribution is -0.386. The smallest absolute Gasteiger partial charge is 0.327 e. The number of para-hydroxylation sites is 1. The van der Waals surface area contributed by atoms with Gasteiger partial charge in [0.05, 0.1) is 24.2 Å². The van der Waals surface area contributed by atoms with Gasteiger partial charge in [-0.3, -0.25) is 10.1 Å². The summed E-state index contributed by atoms with van der Waals surface area (Å²) in [6.45, 7) is 1.42. The third-order valence-corrected chi connectivity index (χ3v) is 3.38. The zero-order chi connectivity index (χ0) is 14.5. The van der Waals surface area contributed by atoms with Crippen molar-refractivity contribution in [1.29, 1.82) is 0 Å². The maximum absolute atomic E-state index is 13.6. The van der Waals surface area contributed by atoms with E-state index in [2.05, 4.69) is 0 Å². The van der Waals surface area contributed by atoms with Crippen molar-refractivity contribution < 1.29 is 19.2 Å².